The van der Waals surface area contributed by atoms with E-state index in [2.05, 4.69) is 11.4 Å². The third-order valence-electron chi connectivity index (χ3n) is 4.17. The Hall–Kier alpha value is -2.92. The summed E-state index contributed by atoms with van der Waals surface area (Å²) in [6, 6.07) is 17.8. The van der Waals surface area contributed by atoms with Crippen LogP contribution in [0, 0.1) is 13.8 Å². The number of thiophene rings is 1. The van der Waals surface area contributed by atoms with Crippen LogP contribution < -0.4 is 11.1 Å². The highest BCUT2D eigenvalue weighted by Crippen LogP contribution is 2.30. The molecular weight excluding hydrogens is 356 g/mol. The Labute approximate surface area is 163 Å². The zero-order valence-corrected chi connectivity index (χ0v) is 16.2. The number of carbonyl (C=O) groups excluding carboxylic acids is 2. The topological polar surface area (TPSA) is 72.2 Å². The molecule has 0 aliphatic rings. The minimum Gasteiger partial charge on any atom is -0.366 e. The standard InChI is InChI=1S/C22H22N2O2S/c1-14-8-15(2)10-17(9-14)12-20(25)24-22-19(21(23)26)13-18(27-22)11-16-6-4-3-5-7-16/h3-10,13H,11-12H2,1-2H3,(H2,23,26)(H,24,25). The Kier molecular flexibility index (Phi) is 5.72. The first-order chi connectivity index (χ1) is 12.9. The highest BCUT2D eigenvalue weighted by atomic mass is 32.1. The summed E-state index contributed by atoms with van der Waals surface area (Å²) in [6.07, 6.45) is 0.950. The number of hydrogen-bond donors (Lipinski definition) is 2. The van der Waals surface area contributed by atoms with E-state index in [0.717, 1.165) is 27.1 Å². The molecule has 1 aromatic heterocycles. The fraction of sp³-hybridized carbons (Fsp3) is 0.182. The number of benzene rings is 2. The summed E-state index contributed by atoms with van der Waals surface area (Å²) >= 11 is 1.40. The molecule has 0 aliphatic heterocycles. The molecule has 3 aromatic rings. The van der Waals surface area contributed by atoms with Crippen molar-refractivity contribution in [2.24, 2.45) is 5.73 Å². The van der Waals surface area contributed by atoms with Gasteiger partial charge in [0.05, 0.1) is 12.0 Å². The van der Waals surface area contributed by atoms with Gasteiger partial charge in [-0.25, -0.2) is 0 Å². The molecule has 0 saturated heterocycles. The number of rotatable bonds is 6. The van der Waals surface area contributed by atoms with Crippen LogP contribution >= 0.6 is 11.3 Å². The van der Waals surface area contributed by atoms with Gasteiger partial charge in [-0.2, -0.15) is 0 Å². The summed E-state index contributed by atoms with van der Waals surface area (Å²) in [5, 5.41) is 3.38. The summed E-state index contributed by atoms with van der Waals surface area (Å²) in [5.74, 6) is -0.692. The smallest absolute Gasteiger partial charge is 0.251 e. The maximum absolute atomic E-state index is 12.5. The molecule has 0 fully saturated rings. The highest BCUT2D eigenvalue weighted by molar-refractivity contribution is 7.16. The zero-order valence-electron chi connectivity index (χ0n) is 15.4. The second-order valence-corrected chi connectivity index (χ2v) is 7.84. The molecular formula is C22H22N2O2S. The molecule has 4 nitrogen and oxygen atoms in total. The zero-order chi connectivity index (χ0) is 19.4. The van der Waals surface area contributed by atoms with E-state index < -0.39 is 5.91 Å². The lowest BCUT2D eigenvalue weighted by Gasteiger charge is -2.07. The lowest BCUT2D eigenvalue weighted by Crippen LogP contribution is -2.18. The van der Waals surface area contributed by atoms with Gasteiger partial charge in [0.2, 0.25) is 5.91 Å². The van der Waals surface area contributed by atoms with Crippen LogP contribution in [0.25, 0.3) is 0 Å². The predicted molar refractivity (Wildman–Crippen MR) is 110 cm³/mol. The first-order valence-corrected chi connectivity index (χ1v) is 9.56. The summed E-state index contributed by atoms with van der Waals surface area (Å²) < 4.78 is 0. The van der Waals surface area contributed by atoms with Gasteiger partial charge < -0.3 is 11.1 Å². The van der Waals surface area contributed by atoms with Crippen molar-refractivity contribution in [3.8, 4) is 0 Å². The van der Waals surface area contributed by atoms with E-state index in [-0.39, 0.29) is 12.3 Å². The van der Waals surface area contributed by atoms with Crippen molar-refractivity contribution in [1.82, 2.24) is 0 Å². The van der Waals surface area contributed by atoms with E-state index in [0.29, 0.717) is 17.0 Å². The molecule has 1 heterocycles. The molecule has 0 unspecified atom stereocenters. The minimum absolute atomic E-state index is 0.157. The molecule has 0 spiro atoms. The van der Waals surface area contributed by atoms with Crippen LogP contribution in [0.4, 0.5) is 5.00 Å². The molecule has 0 saturated carbocycles. The maximum Gasteiger partial charge on any atom is 0.251 e. The number of nitrogens with two attached hydrogens (primary N) is 1. The first kappa shape index (κ1) is 18.9. The number of primary amides is 1. The van der Waals surface area contributed by atoms with Gasteiger partial charge in [0, 0.05) is 11.3 Å². The molecule has 0 atom stereocenters. The molecule has 0 radical (unpaired) electrons. The van der Waals surface area contributed by atoms with Crippen LogP contribution in [-0.2, 0) is 17.6 Å². The van der Waals surface area contributed by atoms with Crippen LogP contribution in [-0.4, -0.2) is 11.8 Å². The number of aryl methyl sites for hydroxylation is 2. The molecule has 3 rings (SSSR count). The van der Waals surface area contributed by atoms with E-state index in [1.807, 2.05) is 56.3 Å². The maximum atomic E-state index is 12.5. The quantitative estimate of drug-likeness (QED) is 0.673. The largest absolute Gasteiger partial charge is 0.366 e. The Morgan fingerprint density at radius 1 is 0.963 bits per heavy atom. The molecule has 2 amide bonds. The van der Waals surface area contributed by atoms with Crippen molar-refractivity contribution in [3.63, 3.8) is 0 Å². The molecule has 138 valence electrons. The van der Waals surface area contributed by atoms with E-state index in [1.165, 1.54) is 11.3 Å². The van der Waals surface area contributed by atoms with Gasteiger partial charge in [-0.05, 0) is 31.0 Å². The van der Waals surface area contributed by atoms with Gasteiger partial charge in [-0.15, -0.1) is 11.3 Å². The average Bonchev–Trinajstić information content (AvgIpc) is 2.97. The third kappa shape index (κ3) is 5.05. The van der Waals surface area contributed by atoms with Gasteiger partial charge in [0.1, 0.15) is 5.00 Å². The molecule has 3 N–H and O–H groups in total. The van der Waals surface area contributed by atoms with Gasteiger partial charge in [-0.3, -0.25) is 9.59 Å². The lowest BCUT2D eigenvalue weighted by molar-refractivity contribution is -0.115. The van der Waals surface area contributed by atoms with E-state index in [4.69, 9.17) is 5.73 Å². The summed E-state index contributed by atoms with van der Waals surface area (Å²) in [5.41, 5.74) is 10.2. The van der Waals surface area contributed by atoms with E-state index in [1.54, 1.807) is 6.07 Å². The second kappa shape index (κ2) is 8.18. The fourth-order valence-electron chi connectivity index (χ4n) is 3.13. The van der Waals surface area contributed by atoms with E-state index >= 15 is 0 Å². The van der Waals surface area contributed by atoms with Crippen LogP contribution in [0.2, 0.25) is 0 Å². The SMILES string of the molecule is Cc1cc(C)cc(CC(=O)Nc2sc(Cc3ccccc3)cc2C(N)=O)c1. The number of anilines is 1. The first-order valence-electron chi connectivity index (χ1n) is 8.74. The van der Waals surface area contributed by atoms with Crippen molar-refractivity contribution in [2.45, 2.75) is 26.7 Å². The van der Waals surface area contributed by atoms with Crippen molar-refractivity contribution in [1.29, 1.82) is 0 Å². The normalized spacial score (nSPS) is 10.6. The molecule has 5 heteroatoms. The number of nitrogens with one attached hydrogen (secondary N) is 1. The lowest BCUT2D eigenvalue weighted by atomic mass is 10.0. The average molecular weight is 378 g/mol. The Balaban J connectivity index is 1.76. The van der Waals surface area contributed by atoms with Gasteiger partial charge in [0.15, 0.2) is 0 Å². The van der Waals surface area contributed by atoms with Crippen LogP contribution in [0.15, 0.2) is 54.6 Å². The Bertz CT molecular complexity index is 957. The highest BCUT2D eigenvalue weighted by Gasteiger charge is 2.16. The van der Waals surface area contributed by atoms with Gasteiger partial charge >= 0.3 is 0 Å². The Morgan fingerprint density at radius 2 is 1.63 bits per heavy atom. The van der Waals surface area contributed by atoms with Gasteiger partial charge in [-0.1, -0.05) is 59.7 Å². The Morgan fingerprint density at radius 3 is 2.26 bits per heavy atom. The van der Waals surface area contributed by atoms with Crippen LogP contribution in [0.1, 0.15) is 37.5 Å². The van der Waals surface area contributed by atoms with E-state index in [9.17, 15) is 9.59 Å². The van der Waals surface area contributed by atoms with Crippen molar-refractivity contribution < 1.29 is 9.59 Å². The predicted octanol–water partition coefficient (Wildman–Crippen LogP) is 4.24. The second-order valence-electron chi connectivity index (χ2n) is 6.70. The molecule has 0 aliphatic carbocycles. The summed E-state index contributed by atoms with van der Waals surface area (Å²) in [6.45, 7) is 4.02. The third-order valence-corrected chi connectivity index (χ3v) is 5.22. The summed E-state index contributed by atoms with van der Waals surface area (Å²) in [7, 11) is 0. The van der Waals surface area contributed by atoms with Crippen LogP contribution in [0.5, 0.6) is 0 Å². The minimum atomic E-state index is -0.535. The number of hydrogen-bond acceptors (Lipinski definition) is 3. The van der Waals surface area contributed by atoms with Crippen LogP contribution in [0.3, 0.4) is 0 Å². The summed E-state index contributed by atoms with van der Waals surface area (Å²) in [4.78, 5) is 25.3. The monoisotopic (exact) mass is 378 g/mol. The fourth-order valence-corrected chi connectivity index (χ4v) is 4.24. The molecule has 0 bridgehead atoms. The number of carbonyl (C=O) groups is 2. The van der Waals surface area contributed by atoms with Crippen molar-refractivity contribution in [2.75, 3.05) is 5.32 Å². The van der Waals surface area contributed by atoms with Crippen molar-refractivity contribution >= 4 is 28.2 Å². The van der Waals surface area contributed by atoms with Gasteiger partial charge in [0.25, 0.3) is 5.91 Å². The molecule has 27 heavy (non-hydrogen) atoms. The van der Waals surface area contributed by atoms with Crippen molar-refractivity contribution in [3.05, 3.63) is 87.3 Å². The number of amides is 2. The molecule has 2 aromatic carbocycles.